The fraction of sp³-hybridized carbons (Fsp3) is 0.0625. The van der Waals surface area contributed by atoms with E-state index in [2.05, 4.69) is 26.9 Å². The molecule has 0 atom stereocenters. The second-order valence-electron chi connectivity index (χ2n) is 4.74. The van der Waals surface area contributed by atoms with Gasteiger partial charge in [0.25, 0.3) is 0 Å². The van der Waals surface area contributed by atoms with Crippen molar-refractivity contribution in [3.05, 3.63) is 66.9 Å². The minimum absolute atomic E-state index is 0.861. The molecule has 0 aliphatic rings. The van der Waals surface area contributed by atoms with Gasteiger partial charge in [0.15, 0.2) is 6.20 Å². The van der Waals surface area contributed by atoms with Crippen LogP contribution in [0, 0.1) is 10.2 Å². The van der Waals surface area contributed by atoms with Crippen LogP contribution in [0.5, 0.6) is 0 Å². The van der Waals surface area contributed by atoms with E-state index in [1.807, 2.05) is 61.8 Å². The van der Waals surface area contributed by atoms with Crippen molar-refractivity contribution >= 4 is 22.3 Å². The van der Waals surface area contributed by atoms with Crippen LogP contribution in [0.4, 0.5) is 11.4 Å². The van der Waals surface area contributed by atoms with Crippen molar-refractivity contribution in [2.45, 2.75) is 0 Å². The van der Waals surface area contributed by atoms with Gasteiger partial charge in [-0.1, -0.05) is 30.3 Å². The van der Waals surface area contributed by atoms with Crippen molar-refractivity contribution in [1.29, 1.82) is 0 Å². The molecule has 0 aliphatic heterocycles. The number of hydrogen-bond acceptors (Lipinski definition) is 6. The Morgan fingerprint density at radius 3 is 2.04 bits per heavy atom. The third kappa shape index (κ3) is 5.65. The molecule has 0 spiro atoms. The summed E-state index contributed by atoms with van der Waals surface area (Å²) in [5, 5.41) is 9.73. The van der Waals surface area contributed by atoms with E-state index in [1.54, 1.807) is 0 Å². The lowest BCUT2D eigenvalue weighted by Crippen LogP contribution is -2.68. The molecule has 0 N–H and O–H groups in total. The molecule has 8 heteroatoms. The highest BCUT2D eigenvalue weighted by Crippen LogP contribution is 2.25. The van der Waals surface area contributed by atoms with E-state index in [0.717, 1.165) is 22.3 Å². The number of nitrogens with zero attached hydrogens (tertiary/aromatic N) is 3. The fourth-order valence-corrected chi connectivity index (χ4v) is 2.04. The summed E-state index contributed by atoms with van der Waals surface area (Å²) in [5.74, 6) is 0. The van der Waals surface area contributed by atoms with Crippen LogP contribution < -0.4 is 23.2 Å². The number of halogens is 1. The molecule has 124 valence electrons. The van der Waals surface area contributed by atoms with Crippen LogP contribution in [0.2, 0.25) is 0 Å². The molecule has 1 heterocycles. The number of rotatable bonds is 2. The monoisotopic (exact) mass is 347 g/mol. The van der Waals surface area contributed by atoms with Gasteiger partial charge in [0.2, 0.25) is 5.52 Å². The number of fused-ring (bicyclic) bond motifs is 1. The Hall–Kier alpha value is -2.42. The summed E-state index contributed by atoms with van der Waals surface area (Å²) in [6.07, 6.45) is 2.00. The molecule has 0 aliphatic carbocycles. The molecular formula is C16H14ClN3O4. The van der Waals surface area contributed by atoms with Gasteiger partial charge in [-0.2, -0.15) is 5.11 Å². The minimum atomic E-state index is -4.94. The van der Waals surface area contributed by atoms with Crippen molar-refractivity contribution in [3.63, 3.8) is 0 Å². The van der Waals surface area contributed by atoms with E-state index in [9.17, 15) is 0 Å². The maximum absolute atomic E-state index is 8.49. The first-order valence-corrected chi connectivity index (χ1v) is 8.04. The highest BCUT2D eigenvalue weighted by molar-refractivity contribution is 5.86. The number of aryl methyl sites for hydroxylation is 1. The molecule has 3 rings (SSSR count). The topological polar surface area (TPSA) is 121 Å². The van der Waals surface area contributed by atoms with Gasteiger partial charge >= 0.3 is 0 Å². The van der Waals surface area contributed by atoms with E-state index in [1.165, 1.54) is 0 Å². The summed E-state index contributed by atoms with van der Waals surface area (Å²) in [5.41, 5.74) is 2.89. The van der Waals surface area contributed by atoms with Gasteiger partial charge < -0.3 is 0 Å². The Morgan fingerprint density at radius 1 is 0.792 bits per heavy atom. The number of para-hydroxylation sites is 1. The molecule has 0 bridgehead atoms. The Kier molecular flexibility index (Phi) is 5.91. The molecule has 3 aromatic rings. The molecule has 7 nitrogen and oxygen atoms in total. The molecule has 0 saturated heterocycles. The van der Waals surface area contributed by atoms with E-state index >= 15 is 0 Å². The number of aromatic nitrogens is 1. The van der Waals surface area contributed by atoms with Gasteiger partial charge in [-0.25, -0.2) is 23.2 Å². The van der Waals surface area contributed by atoms with E-state index < -0.39 is 10.2 Å². The van der Waals surface area contributed by atoms with Crippen LogP contribution in [0.3, 0.4) is 0 Å². The number of hydrogen-bond donors (Lipinski definition) is 0. The van der Waals surface area contributed by atoms with Crippen molar-refractivity contribution in [2.75, 3.05) is 0 Å². The lowest BCUT2D eigenvalue weighted by Gasteiger charge is -2.17. The van der Waals surface area contributed by atoms with Gasteiger partial charge in [0.05, 0.1) is 11.1 Å². The van der Waals surface area contributed by atoms with Gasteiger partial charge in [0, 0.05) is 12.1 Å². The number of benzene rings is 2. The average Bonchev–Trinajstić information content (AvgIpc) is 2.54. The quantitative estimate of drug-likeness (QED) is 0.450. The maximum Gasteiger partial charge on any atom is 0.214 e. The standard InChI is InChI=1S/C16H14N3.ClHO4/c1-19-12-11-15(14-9-5-6-10-16(14)19)18-17-13-7-3-2-4-8-13;2-1(3,4)5/h2-12H,1H3;(H,2,3,4,5)/q+1;/p-1. The first-order valence-electron chi connectivity index (χ1n) is 6.80. The Labute approximate surface area is 140 Å². The predicted octanol–water partition coefficient (Wildman–Crippen LogP) is -0.676. The van der Waals surface area contributed by atoms with Gasteiger partial charge in [-0.05, 0) is 18.2 Å². The SMILES string of the molecule is C[n+]1ccc(N=Nc2ccccc2)c2ccccc21.[O-][Cl+3]([O-])([O-])[O-]. The zero-order valence-corrected chi connectivity index (χ0v) is 13.5. The molecule has 0 unspecified atom stereocenters. The van der Waals surface area contributed by atoms with Gasteiger partial charge in [-0.15, -0.1) is 15.4 Å². The van der Waals surface area contributed by atoms with Crippen LogP contribution in [-0.2, 0) is 7.05 Å². The normalized spacial score (nSPS) is 11.4. The molecular weight excluding hydrogens is 334 g/mol. The highest BCUT2D eigenvalue weighted by atomic mass is 35.7. The Balaban J connectivity index is 0.000000368. The van der Waals surface area contributed by atoms with Crippen molar-refractivity contribution in [2.24, 2.45) is 17.3 Å². The zero-order valence-electron chi connectivity index (χ0n) is 12.7. The lowest BCUT2D eigenvalue weighted by atomic mass is 10.2. The van der Waals surface area contributed by atoms with Crippen molar-refractivity contribution in [1.82, 2.24) is 0 Å². The predicted molar refractivity (Wildman–Crippen MR) is 75.7 cm³/mol. The zero-order chi connectivity index (χ0) is 17.6. The van der Waals surface area contributed by atoms with E-state index in [4.69, 9.17) is 18.6 Å². The summed E-state index contributed by atoms with van der Waals surface area (Å²) in [6.45, 7) is 0. The lowest BCUT2D eigenvalue weighted by molar-refractivity contribution is -2.00. The van der Waals surface area contributed by atoms with Crippen molar-refractivity contribution in [3.8, 4) is 0 Å². The minimum Gasteiger partial charge on any atom is -0.222 e. The largest absolute Gasteiger partial charge is 0.222 e. The van der Waals surface area contributed by atoms with Crippen LogP contribution in [0.25, 0.3) is 10.9 Å². The summed E-state index contributed by atoms with van der Waals surface area (Å²) in [4.78, 5) is 0. The van der Waals surface area contributed by atoms with Gasteiger partial charge in [-0.3, -0.25) is 0 Å². The van der Waals surface area contributed by atoms with Crippen LogP contribution >= 0.6 is 0 Å². The molecule has 0 radical (unpaired) electrons. The molecule has 0 amide bonds. The Morgan fingerprint density at radius 2 is 1.38 bits per heavy atom. The van der Waals surface area contributed by atoms with Crippen LogP contribution in [-0.4, -0.2) is 0 Å². The summed E-state index contributed by atoms with van der Waals surface area (Å²) < 4.78 is 36.1. The second-order valence-corrected chi connectivity index (χ2v) is 5.50. The fourth-order valence-electron chi connectivity index (χ4n) is 2.04. The Bertz CT molecular complexity index is 830. The molecule has 1 aromatic heterocycles. The number of pyridine rings is 1. The smallest absolute Gasteiger partial charge is 0.214 e. The third-order valence-corrected chi connectivity index (χ3v) is 3.05. The first kappa shape index (κ1) is 17.9. The van der Waals surface area contributed by atoms with Gasteiger partial charge in [0.1, 0.15) is 12.7 Å². The first-order chi connectivity index (χ1) is 11.3. The molecule has 0 saturated carbocycles. The van der Waals surface area contributed by atoms with Crippen LogP contribution in [0.15, 0.2) is 77.1 Å². The molecule has 0 fully saturated rings. The van der Waals surface area contributed by atoms with Crippen LogP contribution in [0.1, 0.15) is 0 Å². The summed E-state index contributed by atoms with van der Waals surface area (Å²) in [7, 11) is -2.92. The summed E-state index contributed by atoms with van der Waals surface area (Å²) in [6, 6.07) is 19.9. The number of azo groups is 1. The summed E-state index contributed by atoms with van der Waals surface area (Å²) >= 11 is 0. The molecule has 2 aromatic carbocycles. The van der Waals surface area contributed by atoms with E-state index in [0.29, 0.717) is 0 Å². The van der Waals surface area contributed by atoms with E-state index in [-0.39, 0.29) is 0 Å². The maximum atomic E-state index is 8.49. The third-order valence-electron chi connectivity index (χ3n) is 3.05. The second kappa shape index (κ2) is 7.91. The average molecular weight is 348 g/mol. The van der Waals surface area contributed by atoms with Crippen molar-refractivity contribution < 1.29 is 33.4 Å². The molecule has 24 heavy (non-hydrogen) atoms. The highest BCUT2D eigenvalue weighted by Gasteiger charge is 2.07.